The van der Waals surface area contributed by atoms with E-state index in [2.05, 4.69) is 0 Å². The first-order valence-electron chi connectivity index (χ1n) is 7.50. The summed E-state index contributed by atoms with van der Waals surface area (Å²) in [6, 6.07) is 6.72. The predicted octanol–water partition coefficient (Wildman–Crippen LogP) is 1.89. The van der Waals surface area contributed by atoms with Gasteiger partial charge in [-0.25, -0.2) is 4.79 Å². The van der Waals surface area contributed by atoms with E-state index in [1.54, 1.807) is 39.0 Å². The maximum Gasteiger partial charge on any atom is 0.506 e. The minimum Gasteiger partial charge on any atom is -0.491 e. The van der Waals surface area contributed by atoms with Gasteiger partial charge in [0.05, 0.1) is 17.2 Å². The minimum atomic E-state index is -1.79. The van der Waals surface area contributed by atoms with E-state index in [4.69, 9.17) is 9.47 Å². The fourth-order valence-electron chi connectivity index (χ4n) is 2.26. The molecule has 0 unspecified atom stereocenters. The highest BCUT2D eigenvalue weighted by Crippen LogP contribution is 2.23. The monoisotopic (exact) mass is 319 g/mol. The van der Waals surface area contributed by atoms with Gasteiger partial charge in [-0.05, 0) is 58.9 Å². The Morgan fingerprint density at radius 2 is 1.87 bits per heavy atom. The van der Waals surface area contributed by atoms with Crippen molar-refractivity contribution < 1.29 is 24.3 Å². The van der Waals surface area contributed by atoms with Gasteiger partial charge in [-0.15, -0.1) is 0 Å². The van der Waals surface area contributed by atoms with Gasteiger partial charge in [0.2, 0.25) is 0 Å². The molecule has 7 heteroatoms. The Kier molecular flexibility index (Phi) is 4.72. The molecular formula is C16H22BNO5. The summed E-state index contributed by atoms with van der Waals surface area (Å²) >= 11 is 0. The van der Waals surface area contributed by atoms with Crippen LogP contribution in [0.3, 0.4) is 0 Å². The summed E-state index contributed by atoms with van der Waals surface area (Å²) in [6.45, 7) is 9.08. The minimum absolute atomic E-state index is 0.0169. The van der Waals surface area contributed by atoms with Crippen LogP contribution >= 0.6 is 0 Å². The van der Waals surface area contributed by atoms with Gasteiger partial charge in [0.15, 0.2) is 0 Å². The van der Waals surface area contributed by atoms with Crippen molar-refractivity contribution in [3.63, 3.8) is 0 Å². The topological polar surface area (TPSA) is 80.9 Å². The van der Waals surface area contributed by atoms with Crippen molar-refractivity contribution in [2.24, 2.45) is 0 Å². The van der Waals surface area contributed by atoms with Gasteiger partial charge >= 0.3 is 13.2 Å². The van der Waals surface area contributed by atoms with Crippen molar-refractivity contribution in [2.75, 3.05) is 0 Å². The third-order valence-electron chi connectivity index (χ3n) is 3.01. The molecule has 124 valence electrons. The summed E-state index contributed by atoms with van der Waals surface area (Å²) in [5.41, 5.74) is -0.110. The zero-order chi connectivity index (χ0) is 17.4. The van der Waals surface area contributed by atoms with E-state index in [1.807, 2.05) is 13.8 Å². The van der Waals surface area contributed by atoms with Crippen LogP contribution < -0.4 is 10.3 Å². The number of aromatic nitrogens is 1. The van der Waals surface area contributed by atoms with Crippen LogP contribution in [0, 0.1) is 0 Å². The molecule has 0 saturated heterocycles. The summed E-state index contributed by atoms with van der Waals surface area (Å²) in [5, 5.41) is 19.8. The lowest BCUT2D eigenvalue weighted by atomic mass is 9.86. The van der Waals surface area contributed by atoms with Gasteiger partial charge in [-0.3, -0.25) is 4.57 Å². The van der Waals surface area contributed by atoms with Crippen LogP contribution in [0.1, 0.15) is 34.6 Å². The molecule has 1 aromatic carbocycles. The molecule has 0 fully saturated rings. The summed E-state index contributed by atoms with van der Waals surface area (Å²) in [5.74, 6) is 0.646. The first-order valence-corrected chi connectivity index (χ1v) is 7.50. The van der Waals surface area contributed by atoms with Gasteiger partial charge in [-0.1, -0.05) is 0 Å². The molecule has 0 spiro atoms. The van der Waals surface area contributed by atoms with E-state index in [9.17, 15) is 14.8 Å². The average Bonchev–Trinajstić information content (AvgIpc) is 2.74. The summed E-state index contributed by atoms with van der Waals surface area (Å²) in [6.07, 6.45) is -0.642. The molecule has 2 aromatic rings. The first-order chi connectivity index (χ1) is 10.6. The lowest BCUT2D eigenvalue weighted by Crippen LogP contribution is -2.40. The number of rotatable bonds is 3. The zero-order valence-electron chi connectivity index (χ0n) is 14.0. The number of nitrogens with zero attached hydrogens (tertiary/aromatic N) is 1. The maximum absolute atomic E-state index is 12.4. The quantitative estimate of drug-likeness (QED) is 0.845. The summed E-state index contributed by atoms with van der Waals surface area (Å²) in [4.78, 5) is 12.4. The second kappa shape index (κ2) is 6.25. The molecule has 2 rings (SSSR count). The number of fused-ring (bicyclic) bond motifs is 1. The Morgan fingerprint density at radius 3 is 2.39 bits per heavy atom. The molecule has 1 aromatic heterocycles. The van der Waals surface area contributed by atoms with E-state index in [0.717, 1.165) is 0 Å². The summed E-state index contributed by atoms with van der Waals surface area (Å²) in [7, 11) is -1.79. The number of carbonyl (C=O) groups excluding carboxylic acids is 1. The molecule has 0 aliphatic rings. The van der Waals surface area contributed by atoms with E-state index in [-0.39, 0.29) is 11.7 Å². The maximum atomic E-state index is 12.4. The van der Waals surface area contributed by atoms with Gasteiger partial charge in [-0.2, -0.15) is 0 Å². The van der Waals surface area contributed by atoms with Crippen LogP contribution in [0.25, 0.3) is 10.9 Å². The first kappa shape index (κ1) is 17.4. The standard InChI is InChI=1S/C16H22BNO5/c1-10(2)22-12-6-7-13-11(8-12)9-14(17(20)21)18(13)15(19)23-16(3,4)5/h6-10,20-21H,1-5H3. The van der Waals surface area contributed by atoms with Crippen molar-refractivity contribution in [2.45, 2.75) is 46.3 Å². The largest absolute Gasteiger partial charge is 0.506 e. The van der Waals surface area contributed by atoms with E-state index in [0.29, 0.717) is 16.7 Å². The van der Waals surface area contributed by atoms with Crippen LogP contribution in [-0.2, 0) is 4.74 Å². The normalized spacial score (nSPS) is 11.8. The van der Waals surface area contributed by atoms with E-state index >= 15 is 0 Å². The third-order valence-corrected chi connectivity index (χ3v) is 3.01. The second-order valence-corrected chi connectivity index (χ2v) is 6.65. The highest BCUT2D eigenvalue weighted by atomic mass is 16.6. The second-order valence-electron chi connectivity index (χ2n) is 6.65. The smallest absolute Gasteiger partial charge is 0.491 e. The molecular weight excluding hydrogens is 297 g/mol. The van der Waals surface area contributed by atoms with Crippen molar-refractivity contribution >= 4 is 29.7 Å². The summed E-state index contributed by atoms with van der Waals surface area (Å²) < 4.78 is 12.1. The van der Waals surface area contributed by atoms with Crippen molar-refractivity contribution in [3.05, 3.63) is 24.3 Å². The molecule has 0 saturated carbocycles. The number of carbonyl (C=O) groups is 1. The molecule has 0 aliphatic heterocycles. The number of ether oxygens (including phenoxy) is 2. The van der Waals surface area contributed by atoms with Crippen LogP contribution in [0.4, 0.5) is 4.79 Å². The van der Waals surface area contributed by atoms with E-state index in [1.165, 1.54) is 10.6 Å². The molecule has 0 bridgehead atoms. The Bertz CT molecular complexity index is 715. The van der Waals surface area contributed by atoms with Crippen molar-refractivity contribution in [1.29, 1.82) is 0 Å². The molecule has 6 nitrogen and oxygen atoms in total. The lowest BCUT2D eigenvalue weighted by molar-refractivity contribution is 0.0547. The van der Waals surface area contributed by atoms with Crippen molar-refractivity contribution in [3.8, 4) is 5.75 Å². The predicted molar refractivity (Wildman–Crippen MR) is 89.2 cm³/mol. The van der Waals surface area contributed by atoms with Crippen LogP contribution in [0.5, 0.6) is 5.75 Å². The number of hydrogen-bond donors (Lipinski definition) is 2. The highest BCUT2D eigenvalue weighted by Gasteiger charge is 2.27. The van der Waals surface area contributed by atoms with Crippen LogP contribution in [-0.4, -0.2) is 39.5 Å². The molecule has 1 heterocycles. The molecule has 0 radical (unpaired) electrons. The lowest BCUT2D eigenvalue weighted by Gasteiger charge is -2.21. The van der Waals surface area contributed by atoms with Gasteiger partial charge in [0.25, 0.3) is 0 Å². The fraction of sp³-hybridized carbons (Fsp3) is 0.438. The van der Waals surface area contributed by atoms with Crippen molar-refractivity contribution in [1.82, 2.24) is 4.57 Å². The van der Waals surface area contributed by atoms with Crippen LogP contribution in [0.2, 0.25) is 0 Å². The zero-order valence-corrected chi connectivity index (χ0v) is 14.0. The van der Waals surface area contributed by atoms with Gasteiger partial charge in [0, 0.05) is 5.39 Å². The van der Waals surface area contributed by atoms with E-state index < -0.39 is 18.8 Å². The SMILES string of the molecule is CC(C)Oc1ccc2c(c1)cc(B(O)O)n2C(=O)OC(C)(C)C. The highest BCUT2D eigenvalue weighted by molar-refractivity contribution is 6.59. The Balaban J connectivity index is 2.53. The average molecular weight is 319 g/mol. The molecule has 0 atom stereocenters. The molecule has 0 aliphatic carbocycles. The Hall–Kier alpha value is -1.99. The third kappa shape index (κ3) is 4.06. The molecule has 23 heavy (non-hydrogen) atoms. The Labute approximate surface area is 135 Å². The van der Waals surface area contributed by atoms with Gasteiger partial charge in [0.1, 0.15) is 11.4 Å². The fourth-order valence-corrected chi connectivity index (χ4v) is 2.26. The Morgan fingerprint density at radius 1 is 1.22 bits per heavy atom. The number of hydrogen-bond acceptors (Lipinski definition) is 5. The number of benzene rings is 1. The van der Waals surface area contributed by atoms with Crippen LogP contribution in [0.15, 0.2) is 24.3 Å². The van der Waals surface area contributed by atoms with Gasteiger partial charge < -0.3 is 19.5 Å². The molecule has 2 N–H and O–H groups in total. The molecule has 0 amide bonds.